The Labute approximate surface area is 173 Å². The predicted octanol–water partition coefficient (Wildman–Crippen LogP) is 3.08. The fourth-order valence-corrected chi connectivity index (χ4v) is 4.39. The van der Waals surface area contributed by atoms with Crippen LogP contribution in [0.5, 0.6) is 0 Å². The van der Waals surface area contributed by atoms with E-state index in [1.807, 2.05) is 4.90 Å². The van der Waals surface area contributed by atoms with Gasteiger partial charge in [0.15, 0.2) is 5.65 Å². The first-order valence-corrected chi connectivity index (χ1v) is 9.78. The van der Waals surface area contributed by atoms with Crippen LogP contribution in [-0.2, 0) is 12.7 Å². The molecule has 2 fully saturated rings. The quantitative estimate of drug-likeness (QED) is 0.583. The van der Waals surface area contributed by atoms with Gasteiger partial charge in [-0.25, -0.2) is 28.4 Å². The lowest BCUT2D eigenvalue weighted by atomic mass is 10.0. The lowest BCUT2D eigenvalue weighted by Crippen LogP contribution is -2.29. The van der Waals surface area contributed by atoms with E-state index >= 15 is 0 Å². The van der Waals surface area contributed by atoms with Gasteiger partial charge in [0.25, 0.3) is 6.43 Å². The van der Waals surface area contributed by atoms with Crippen molar-refractivity contribution in [3.05, 3.63) is 36.4 Å². The Bertz CT molecular complexity index is 1070. The van der Waals surface area contributed by atoms with Gasteiger partial charge in [0, 0.05) is 38.0 Å². The number of pyridine rings is 1. The van der Waals surface area contributed by atoms with Gasteiger partial charge in [-0.3, -0.25) is 0 Å². The van der Waals surface area contributed by atoms with Crippen molar-refractivity contribution in [3.8, 4) is 0 Å². The third kappa shape index (κ3) is 3.74. The Morgan fingerprint density at radius 1 is 0.935 bits per heavy atom. The van der Waals surface area contributed by atoms with Gasteiger partial charge in [-0.2, -0.15) is 18.3 Å². The third-order valence-corrected chi connectivity index (χ3v) is 5.86. The average Bonchev–Trinajstić information content (AvgIpc) is 3.40. The van der Waals surface area contributed by atoms with Crippen molar-refractivity contribution < 1.29 is 22.0 Å². The number of aromatic nitrogens is 5. The molecule has 7 nitrogen and oxygen atoms in total. The molecule has 0 aliphatic carbocycles. The maximum Gasteiger partial charge on any atom is 0.433 e. The van der Waals surface area contributed by atoms with Crippen molar-refractivity contribution in [1.29, 1.82) is 0 Å². The normalized spacial score (nSPS) is 21.5. The Morgan fingerprint density at radius 3 is 2.26 bits per heavy atom. The van der Waals surface area contributed by atoms with E-state index in [2.05, 4.69) is 25.0 Å². The van der Waals surface area contributed by atoms with Gasteiger partial charge in [-0.05, 0) is 12.1 Å². The van der Waals surface area contributed by atoms with Crippen molar-refractivity contribution in [2.45, 2.75) is 19.1 Å². The maximum atomic E-state index is 12.8. The first-order valence-electron chi connectivity index (χ1n) is 9.78. The molecule has 2 aliphatic heterocycles. The molecule has 2 atom stereocenters. The minimum atomic E-state index is -4.45. The predicted molar refractivity (Wildman–Crippen MR) is 102 cm³/mol. The van der Waals surface area contributed by atoms with Crippen molar-refractivity contribution >= 4 is 22.7 Å². The van der Waals surface area contributed by atoms with Gasteiger partial charge in [-0.1, -0.05) is 0 Å². The molecule has 0 aromatic carbocycles. The monoisotopic (exact) mass is 439 g/mol. The largest absolute Gasteiger partial charge is 0.433 e. The number of alkyl halides is 5. The standard InChI is InChI=1S/C19H18F5N7/c20-16(21)10-31-18-14(4-27-31)25-5-17(28-18)30-8-11-6-29(7-12(11)9-30)13-1-2-15(26-3-13)19(22,23)24/h1-5,11-12,16H,6-10H2. The van der Waals surface area contributed by atoms with Gasteiger partial charge in [0.2, 0.25) is 0 Å². The molecule has 5 heterocycles. The highest BCUT2D eigenvalue weighted by Crippen LogP contribution is 2.36. The zero-order valence-electron chi connectivity index (χ0n) is 16.2. The molecule has 5 rings (SSSR count). The van der Waals surface area contributed by atoms with Gasteiger partial charge in [-0.15, -0.1) is 0 Å². The van der Waals surface area contributed by atoms with Crippen LogP contribution in [0.4, 0.5) is 33.5 Å². The van der Waals surface area contributed by atoms with Crippen LogP contribution < -0.4 is 9.80 Å². The molecule has 0 spiro atoms. The third-order valence-electron chi connectivity index (χ3n) is 5.86. The van der Waals surface area contributed by atoms with Gasteiger partial charge in [0.1, 0.15) is 23.6 Å². The Hall–Kier alpha value is -3.05. The van der Waals surface area contributed by atoms with E-state index in [9.17, 15) is 22.0 Å². The molecule has 164 valence electrons. The second kappa shape index (κ2) is 7.27. The number of hydrogen-bond donors (Lipinski definition) is 0. The molecule has 0 bridgehead atoms. The Balaban J connectivity index is 1.28. The van der Waals surface area contributed by atoms with E-state index in [1.54, 1.807) is 6.20 Å². The van der Waals surface area contributed by atoms with Crippen LogP contribution in [0.2, 0.25) is 0 Å². The molecular formula is C19H18F5N7. The molecule has 2 saturated heterocycles. The summed E-state index contributed by atoms with van der Waals surface area (Å²) in [5.41, 5.74) is 0.560. The van der Waals surface area contributed by atoms with E-state index in [0.717, 1.165) is 10.7 Å². The second-order valence-corrected chi connectivity index (χ2v) is 7.88. The van der Waals surface area contributed by atoms with E-state index in [-0.39, 0.29) is 0 Å². The number of anilines is 2. The number of fused-ring (bicyclic) bond motifs is 2. The van der Waals surface area contributed by atoms with Crippen LogP contribution in [0, 0.1) is 11.8 Å². The van der Waals surface area contributed by atoms with Crippen molar-refractivity contribution in [2.75, 3.05) is 36.0 Å². The Kier molecular flexibility index (Phi) is 4.67. The average molecular weight is 439 g/mol. The molecule has 3 aromatic rings. The number of halogens is 5. The summed E-state index contributed by atoms with van der Waals surface area (Å²) in [5, 5.41) is 3.94. The molecular weight excluding hydrogens is 421 g/mol. The lowest BCUT2D eigenvalue weighted by Gasteiger charge is -2.23. The zero-order valence-corrected chi connectivity index (χ0v) is 16.2. The van der Waals surface area contributed by atoms with Crippen molar-refractivity contribution in [3.63, 3.8) is 0 Å². The summed E-state index contributed by atoms with van der Waals surface area (Å²) in [4.78, 5) is 16.5. The summed E-state index contributed by atoms with van der Waals surface area (Å²) < 4.78 is 64.8. The fraction of sp³-hybridized carbons (Fsp3) is 0.474. The van der Waals surface area contributed by atoms with E-state index in [1.165, 1.54) is 18.5 Å². The molecule has 0 saturated carbocycles. The van der Waals surface area contributed by atoms with Crippen LogP contribution >= 0.6 is 0 Å². The summed E-state index contributed by atoms with van der Waals surface area (Å²) in [7, 11) is 0. The highest BCUT2D eigenvalue weighted by Gasteiger charge is 2.41. The second-order valence-electron chi connectivity index (χ2n) is 7.88. The highest BCUT2D eigenvalue weighted by molar-refractivity contribution is 5.71. The van der Waals surface area contributed by atoms with E-state index in [0.29, 0.717) is 60.7 Å². The minimum Gasteiger partial charge on any atom is -0.370 e. The molecule has 2 aliphatic rings. The highest BCUT2D eigenvalue weighted by atomic mass is 19.4. The molecule has 0 amide bonds. The molecule has 12 heteroatoms. The molecule has 31 heavy (non-hydrogen) atoms. The van der Waals surface area contributed by atoms with Gasteiger partial charge < -0.3 is 9.80 Å². The summed E-state index contributed by atoms with van der Waals surface area (Å²) >= 11 is 0. The molecule has 0 N–H and O–H groups in total. The molecule has 0 radical (unpaired) electrons. The first-order chi connectivity index (χ1) is 14.8. The van der Waals surface area contributed by atoms with Crippen LogP contribution in [0.3, 0.4) is 0 Å². The first kappa shape index (κ1) is 19.9. The number of nitrogens with zero attached hydrogens (tertiary/aromatic N) is 7. The van der Waals surface area contributed by atoms with E-state index < -0.39 is 24.8 Å². The minimum absolute atomic E-state index is 0.311. The van der Waals surface area contributed by atoms with Crippen LogP contribution in [0.15, 0.2) is 30.7 Å². The Morgan fingerprint density at radius 2 is 1.65 bits per heavy atom. The smallest absolute Gasteiger partial charge is 0.370 e. The van der Waals surface area contributed by atoms with E-state index in [4.69, 9.17) is 0 Å². The SMILES string of the molecule is FC(F)Cn1ncc2ncc(N3CC4CN(c5ccc(C(F)(F)F)nc5)CC4C3)nc21. The van der Waals surface area contributed by atoms with Crippen LogP contribution in [0.1, 0.15) is 5.69 Å². The number of hydrogen-bond acceptors (Lipinski definition) is 6. The summed E-state index contributed by atoms with van der Waals surface area (Å²) in [5.74, 6) is 1.23. The topological polar surface area (TPSA) is 63.0 Å². The molecule has 3 aromatic heterocycles. The maximum absolute atomic E-state index is 12.8. The fourth-order valence-electron chi connectivity index (χ4n) is 4.39. The van der Waals surface area contributed by atoms with Crippen molar-refractivity contribution in [2.24, 2.45) is 11.8 Å². The summed E-state index contributed by atoms with van der Waals surface area (Å²) in [6.45, 7) is 2.28. The summed E-state index contributed by atoms with van der Waals surface area (Å²) in [6, 6.07) is 2.46. The van der Waals surface area contributed by atoms with Crippen LogP contribution in [0.25, 0.3) is 11.2 Å². The molecule has 2 unspecified atom stereocenters. The summed E-state index contributed by atoms with van der Waals surface area (Å²) in [6.07, 6.45) is -2.68. The number of rotatable bonds is 4. The van der Waals surface area contributed by atoms with Crippen molar-refractivity contribution in [1.82, 2.24) is 24.7 Å². The van der Waals surface area contributed by atoms with Crippen LogP contribution in [-0.4, -0.2) is 57.3 Å². The van der Waals surface area contributed by atoms with Gasteiger partial charge >= 0.3 is 6.18 Å². The van der Waals surface area contributed by atoms with Gasteiger partial charge in [0.05, 0.1) is 24.3 Å². The lowest BCUT2D eigenvalue weighted by molar-refractivity contribution is -0.141. The zero-order chi connectivity index (χ0) is 21.8.